The molecule has 1 aliphatic carbocycles. The van der Waals surface area contributed by atoms with Crippen LogP contribution in [0.15, 0.2) is 214 Å². The molecule has 0 spiro atoms. The molecule has 1 aliphatic rings. The van der Waals surface area contributed by atoms with Crippen molar-refractivity contribution in [3.05, 3.63) is 233 Å². The molecule has 0 aliphatic heterocycles. The van der Waals surface area contributed by atoms with Crippen LogP contribution in [0.1, 0.15) is 92.8 Å². The molecule has 8 heteroatoms. The maximum atomic E-state index is 13.6. The number of rotatable bonds is 15. The molecule has 0 saturated carbocycles. The highest BCUT2D eigenvalue weighted by Gasteiger charge is 2.46. The fraction of sp³-hybridized carbons (Fsp3) is 0.200. The molecule has 0 heterocycles. The minimum absolute atomic E-state index is 0.0398. The monoisotopic (exact) mass is 936 g/mol. The van der Waals surface area contributed by atoms with Crippen molar-refractivity contribution in [2.45, 2.75) is 96.8 Å². The van der Waals surface area contributed by atoms with Crippen molar-refractivity contribution >= 4 is 19.7 Å². The molecular weight excluding hydrogens is 881 g/mol. The van der Waals surface area contributed by atoms with Crippen molar-refractivity contribution in [3.8, 4) is 28.4 Å². The van der Waals surface area contributed by atoms with Crippen molar-refractivity contribution in [1.29, 1.82) is 0 Å². The molecule has 0 unspecified atom stereocenters. The Kier molecular flexibility index (Phi) is 12.3. The summed E-state index contributed by atoms with van der Waals surface area (Å²) in [4.78, 5) is 0.977. The second kappa shape index (κ2) is 18.1. The Balaban J connectivity index is 1.00. The van der Waals surface area contributed by atoms with E-state index in [1.165, 1.54) is 22.3 Å². The molecule has 0 atom stereocenters. The third kappa shape index (κ3) is 8.13. The number of sulfone groups is 2. The molecule has 68 heavy (non-hydrogen) atoms. The Hall–Kier alpha value is -6.74. The number of benzene rings is 8. The average Bonchev–Trinajstić information content (AvgIpc) is 3.67. The summed E-state index contributed by atoms with van der Waals surface area (Å²) in [5, 5.41) is 0. The van der Waals surface area contributed by atoms with Crippen LogP contribution in [0.3, 0.4) is 0 Å². The third-order valence-electron chi connectivity index (χ3n) is 14.2. The molecule has 0 radical (unpaired) electrons. The topological polar surface area (TPSA) is 86.7 Å². The SMILES string of the molecule is CCC(C)(C)c1ccc(S(=O)(=O)c2ccc(Oc3ccc(C4(c5ccc(OC(CC)(CC)c6ccc(S(=O)(=O)c7ccc(C)cc7)cc6)cc5)c5ccccc5-c5ccccc54)cc3)cc2)cc1. The lowest BCUT2D eigenvalue weighted by molar-refractivity contribution is 0.0572. The van der Waals surface area contributed by atoms with Gasteiger partial charge >= 0.3 is 0 Å². The number of fused-ring (bicyclic) bond motifs is 3. The first-order valence-corrected chi connectivity index (χ1v) is 26.3. The Morgan fingerprint density at radius 1 is 0.426 bits per heavy atom. The minimum atomic E-state index is -3.72. The van der Waals surface area contributed by atoms with E-state index >= 15 is 0 Å². The normalized spacial score (nSPS) is 13.4. The molecule has 0 amide bonds. The molecule has 0 fully saturated rings. The van der Waals surface area contributed by atoms with Crippen LogP contribution >= 0.6 is 0 Å². The van der Waals surface area contributed by atoms with Crippen LogP contribution in [-0.2, 0) is 36.1 Å². The van der Waals surface area contributed by atoms with Crippen molar-refractivity contribution in [1.82, 2.24) is 0 Å². The molecule has 0 N–H and O–H groups in total. The number of ether oxygens (including phenoxy) is 2. The van der Waals surface area contributed by atoms with Gasteiger partial charge in [0.1, 0.15) is 22.8 Å². The number of hydrogen-bond donors (Lipinski definition) is 0. The van der Waals surface area contributed by atoms with Gasteiger partial charge in [0.15, 0.2) is 0 Å². The van der Waals surface area contributed by atoms with E-state index in [0.29, 0.717) is 30.1 Å². The zero-order valence-electron chi connectivity index (χ0n) is 39.4. The van der Waals surface area contributed by atoms with Crippen molar-refractivity contribution in [2.75, 3.05) is 0 Å². The van der Waals surface area contributed by atoms with Crippen LogP contribution in [0, 0.1) is 6.92 Å². The number of aryl methyl sites for hydroxylation is 1. The van der Waals surface area contributed by atoms with Crippen LogP contribution in [0.25, 0.3) is 11.1 Å². The maximum absolute atomic E-state index is 13.6. The summed E-state index contributed by atoms with van der Waals surface area (Å²) in [6.07, 6.45) is 2.29. The van der Waals surface area contributed by atoms with E-state index in [2.05, 4.69) is 107 Å². The predicted octanol–water partition coefficient (Wildman–Crippen LogP) is 14.6. The average molecular weight is 937 g/mol. The van der Waals surface area contributed by atoms with Gasteiger partial charge in [-0.1, -0.05) is 149 Å². The summed E-state index contributed by atoms with van der Waals surface area (Å²) in [7, 11) is -7.40. The van der Waals surface area contributed by atoms with E-state index in [9.17, 15) is 16.8 Å². The molecule has 8 aromatic rings. The van der Waals surface area contributed by atoms with E-state index in [0.717, 1.165) is 34.2 Å². The fourth-order valence-corrected chi connectivity index (χ4v) is 12.2. The lowest BCUT2D eigenvalue weighted by Crippen LogP contribution is -2.32. The van der Waals surface area contributed by atoms with Gasteiger partial charge in [0.25, 0.3) is 0 Å². The predicted molar refractivity (Wildman–Crippen MR) is 271 cm³/mol. The van der Waals surface area contributed by atoms with Gasteiger partial charge < -0.3 is 9.47 Å². The summed E-state index contributed by atoms with van der Waals surface area (Å²) in [6, 6.07) is 61.6. The van der Waals surface area contributed by atoms with Crippen LogP contribution in [0.2, 0.25) is 0 Å². The second-order valence-electron chi connectivity index (χ2n) is 18.4. The summed E-state index contributed by atoms with van der Waals surface area (Å²) < 4.78 is 67.5. The Morgan fingerprint density at radius 3 is 1.22 bits per heavy atom. The molecule has 0 aromatic heterocycles. The lowest BCUT2D eigenvalue weighted by atomic mass is 9.67. The van der Waals surface area contributed by atoms with Crippen LogP contribution in [-0.4, -0.2) is 16.8 Å². The molecule has 6 nitrogen and oxygen atoms in total. The van der Waals surface area contributed by atoms with Crippen LogP contribution in [0.5, 0.6) is 17.2 Å². The molecular formula is C60H56O6S2. The van der Waals surface area contributed by atoms with E-state index < -0.39 is 30.7 Å². The van der Waals surface area contributed by atoms with Gasteiger partial charge in [-0.3, -0.25) is 0 Å². The molecule has 344 valence electrons. The van der Waals surface area contributed by atoms with E-state index in [1.54, 1.807) is 60.7 Å². The Bertz CT molecular complexity index is 3250. The summed E-state index contributed by atoms with van der Waals surface area (Å²) in [5.74, 6) is 1.85. The maximum Gasteiger partial charge on any atom is 0.206 e. The molecule has 8 aromatic carbocycles. The summed E-state index contributed by atoms with van der Waals surface area (Å²) in [5.41, 5.74) is 8.41. The largest absolute Gasteiger partial charge is 0.483 e. The Labute approximate surface area is 402 Å². The van der Waals surface area contributed by atoms with Gasteiger partial charge in [0, 0.05) is 0 Å². The van der Waals surface area contributed by atoms with Gasteiger partial charge in [0.05, 0.1) is 25.0 Å². The first-order chi connectivity index (χ1) is 32.7. The van der Waals surface area contributed by atoms with Gasteiger partial charge in [-0.05, 0) is 161 Å². The summed E-state index contributed by atoms with van der Waals surface area (Å²) >= 11 is 0. The van der Waals surface area contributed by atoms with Gasteiger partial charge in [0.2, 0.25) is 19.7 Å². The second-order valence-corrected chi connectivity index (χ2v) is 22.3. The molecule has 9 rings (SSSR count). The van der Waals surface area contributed by atoms with Crippen molar-refractivity contribution in [2.24, 2.45) is 0 Å². The van der Waals surface area contributed by atoms with Crippen molar-refractivity contribution < 1.29 is 26.3 Å². The van der Waals surface area contributed by atoms with Gasteiger partial charge in [-0.25, -0.2) is 16.8 Å². The molecule has 0 bridgehead atoms. The minimum Gasteiger partial charge on any atom is -0.483 e. The van der Waals surface area contributed by atoms with Crippen molar-refractivity contribution in [3.63, 3.8) is 0 Å². The van der Waals surface area contributed by atoms with E-state index in [4.69, 9.17) is 9.47 Å². The van der Waals surface area contributed by atoms with Gasteiger partial charge in [-0.15, -0.1) is 0 Å². The first-order valence-electron chi connectivity index (χ1n) is 23.3. The third-order valence-corrected chi connectivity index (χ3v) is 17.8. The lowest BCUT2D eigenvalue weighted by Gasteiger charge is -2.35. The smallest absolute Gasteiger partial charge is 0.206 e. The molecule has 0 saturated heterocycles. The standard InChI is InChI=1S/C60H56O6S2/c1-7-58(5,6)43-24-36-51(37-25-43)68(63,64)53-40-32-48(33-41-53)65-47-28-20-45(21-29-47)60(56-16-12-10-14-54(56)55-15-11-13-17-57(55)60)46-22-30-49(31-23-46)66-59(8-2,9-3)44-26-38-52(39-27-44)67(61,62)50-34-18-42(4)19-35-50/h10-41H,7-9H2,1-6H3. The summed E-state index contributed by atoms with van der Waals surface area (Å²) in [6.45, 7) is 12.6. The van der Waals surface area contributed by atoms with E-state index in [-0.39, 0.29) is 25.0 Å². The zero-order valence-corrected chi connectivity index (χ0v) is 41.0. The zero-order chi connectivity index (χ0) is 47.9. The highest BCUT2D eigenvalue weighted by Crippen LogP contribution is 2.56. The quantitative estimate of drug-likeness (QED) is 0.102. The van der Waals surface area contributed by atoms with Crippen LogP contribution in [0.4, 0.5) is 0 Å². The highest BCUT2D eigenvalue weighted by molar-refractivity contribution is 7.91. The first kappa shape index (κ1) is 46.4. The van der Waals surface area contributed by atoms with Gasteiger partial charge in [-0.2, -0.15) is 0 Å². The van der Waals surface area contributed by atoms with E-state index in [1.807, 2.05) is 67.6 Å². The van der Waals surface area contributed by atoms with Crippen LogP contribution < -0.4 is 9.47 Å². The number of hydrogen-bond acceptors (Lipinski definition) is 6. The fourth-order valence-electron chi connectivity index (χ4n) is 9.70. The highest BCUT2D eigenvalue weighted by atomic mass is 32.2. The Morgan fingerprint density at radius 2 is 0.794 bits per heavy atom.